The van der Waals surface area contributed by atoms with Gasteiger partial charge < -0.3 is 14.6 Å². The van der Waals surface area contributed by atoms with E-state index < -0.39 is 0 Å². The third-order valence-electron chi connectivity index (χ3n) is 3.78. The molecule has 0 atom stereocenters. The molecular formula is C17H17ClN2O3. The fourth-order valence-corrected chi connectivity index (χ4v) is 2.79. The summed E-state index contributed by atoms with van der Waals surface area (Å²) in [6.07, 6.45) is 3.46. The molecule has 0 radical (unpaired) electrons. The number of aromatic nitrogens is 1. The van der Waals surface area contributed by atoms with Crippen molar-refractivity contribution in [3.63, 3.8) is 0 Å². The largest absolute Gasteiger partial charge is 0.483 e. The third kappa shape index (κ3) is 3.74. The lowest BCUT2D eigenvalue weighted by Crippen LogP contribution is -2.29. The maximum absolute atomic E-state index is 12.2. The standard InChI is InChI=1S/C17H17ClN2O3/c18-13-5-3-4-12(8-13)11-23-16-10-19-14(9-15(16)21)17(22)20-6-1-2-7-20/h3-5,8-10H,1-2,6-7,11H2,(H,19,21). The van der Waals surface area contributed by atoms with Crippen LogP contribution in [0, 0.1) is 0 Å². The van der Waals surface area contributed by atoms with E-state index in [1.54, 1.807) is 17.0 Å². The van der Waals surface area contributed by atoms with E-state index in [4.69, 9.17) is 16.3 Å². The molecule has 1 aromatic carbocycles. The molecule has 6 heteroatoms. The van der Waals surface area contributed by atoms with Gasteiger partial charge in [0.15, 0.2) is 5.75 Å². The number of halogens is 1. The van der Waals surface area contributed by atoms with Crippen molar-refractivity contribution in [2.45, 2.75) is 19.4 Å². The number of carbonyl (C=O) groups is 1. The van der Waals surface area contributed by atoms with E-state index in [9.17, 15) is 9.59 Å². The molecule has 2 aromatic rings. The molecule has 0 aliphatic carbocycles. The van der Waals surface area contributed by atoms with Crippen molar-refractivity contribution < 1.29 is 9.53 Å². The van der Waals surface area contributed by atoms with Gasteiger partial charge in [-0.05, 0) is 30.5 Å². The number of carbonyl (C=O) groups excluding carboxylic acids is 1. The summed E-state index contributed by atoms with van der Waals surface area (Å²) in [5, 5.41) is 0.617. The molecule has 0 saturated carbocycles. The Morgan fingerprint density at radius 3 is 2.74 bits per heavy atom. The van der Waals surface area contributed by atoms with Crippen LogP contribution in [0.25, 0.3) is 0 Å². The van der Waals surface area contributed by atoms with E-state index in [0.717, 1.165) is 31.5 Å². The molecule has 23 heavy (non-hydrogen) atoms. The van der Waals surface area contributed by atoms with E-state index in [1.807, 2.05) is 12.1 Å². The number of nitrogens with zero attached hydrogens (tertiary/aromatic N) is 1. The van der Waals surface area contributed by atoms with Crippen molar-refractivity contribution >= 4 is 17.5 Å². The monoisotopic (exact) mass is 332 g/mol. The molecule has 0 bridgehead atoms. The number of benzene rings is 1. The highest BCUT2D eigenvalue weighted by Crippen LogP contribution is 2.14. The van der Waals surface area contributed by atoms with Crippen LogP contribution in [0.3, 0.4) is 0 Å². The van der Waals surface area contributed by atoms with Crippen LogP contribution in [0.2, 0.25) is 5.02 Å². The molecule has 1 aromatic heterocycles. The molecule has 0 unspecified atom stereocenters. The molecular weight excluding hydrogens is 316 g/mol. The number of aromatic amines is 1. The number of hydrogen-bond donors (Lipinski definition) is 1. The molecule has 1 fully saturated rings. The summed E-state index contributed by atoms with van der Waals surface area (Å²) in [4.78, 5) is 28.9. The summed E-state index contributed by atoms with van der Waals surface area (Å²) in [7, 11) is 0. The van der Waals surface area contributed by atoms with Crippen molar-refractivity contribution in [3.05, 3.63) is 63.0 Å². The Balaban J connectivity index is 1.69. The number of nitrogens with one attached hydrogen (secondary N) is 1. The number of rotatable bonds is 4. The molecule has 120 valence electrons. The zero-order valence-electron chi connectivity index (χ0n) is 12.5. The molecule has 2 heterocycles. The predicted molar refractivity (Wildman–Crippen MR) is 88.0 cm³/mol. The molecule has 1 aliphatic heterocycles. The SMILES string of the molecule is O=C(c1cc(=O)c(OCc2cccc(Cl)c2)c[nH]1)N1CCCC1. The minimum absolute atomic E-state index is 0.138. The van der Waals surface area contributed by atoms with Crippen molar-refractivity contribution in [2.75, 3.05) is 13.1 Å². The van der Waals surface area contributed by atoms with Gasteiger partial charge in [0.2, 0.25) is 5.43 Å². The average Bonchev–Trinajstić information content (AvgIpc) is 3.07. The highest BCUT2D eigenvalue weighted by atomic mass is 35.5. The maximum Gasteiger partial charge on any atom is 0.270 e. The van der Waals surface area contributed by atoms with Gasteiger partial charge in [0, 0.05) is 30.4 Å². The second kappa shape index (κ2) is 6.87. The molecule has 1 saturated heterocycles. The fourth-order valence-electron chi connectivity index (χ4n) is 2.57. The second-order valence-corrected chi connectivity index (χ2v) is 5.93. The average molecular weight is 333 g/mol. The first-order chi connectivity index (χ1) is 11.1. The van der Waals surface area contributed by atoms with Gasteiger partial charge >= 0.3 is 0 Å². The number of hydrogen-bond acceptors (Lipinski definition) is 3. The smallest absolute Gasteiger partial charge is 0.270 e. The van der Waals surface area contributed by atoms with Crippen LogP contribution in [0.4, 0.5) is 0 Å². The minimum Gasteiger partial charge on any atom is -0.483 e. The lowest BCUT2D eigenvalue weighted by Gasteiger charge is -2.15. The molecule has 5 nitrogen and oxygen atoms in total. The highest BCUT2D eigenvalue weighted by molar-refractivity contribution is 6.30. The first kappa shape index (κ1) is 15.6. The van der Waals surface area contributed by atoms with Crippen LogP contribution in [0.5, 0.6) is 5.75 Å². The van der Waals surface area contributed by atoms with Gasteiger partial charge in [0.25, 0.3) is 5.91 Å². The maximum atomic E-state index is 12.2. The Morgan fingerprint density at radius 1 is 1.26 bits per heavy atom. The van der Waals surface area contributed by atoms with Crippen molar-refractivity contribution in [1.29, 1.82) is 0 Å². The molecule has 0 spiro atoms. The number of H-pyrrole nitrogens is 1. The summed E-state index contributed by atoms with van der Waals surface area (Å²) in [6, 6.07) is 8.54. The third-order valence-corrected chi connectivity index (χ3v) is 4.02. The van der Waals surface area contributed by atoms with E-state index in [0.29, 0.717) is 10.7 Å². The van der Waals surface area contributed by atoms with Gasteiger partial charge in [-0.2, -0.15) is 0 Å². The Labute approximate surface area is 138 Å². The molecule has 1 amide bonds. The zero-order chi connectivity index (χ0) is 16.2. The fraction of sp³-hybridized carbons (Fsp3) is 0.294. The summed E-state index contributed by atoms with van der Waals surface area (Å²) in [5.74, 6) is 0.0453. The number of pyridine rings is 1. The van der Waals surface area contributed by atoms with Crippen LogP contribution in [0.15, 0.2) is 41.3 Å². The molecule has 3 rings (SSSR count). The summed E-state index contributed by atoms with van der Waals surface area (Å²) < 4.78 is 5.51. The van der Waals surface area contributed by atoms with E-state index in [-0.39, 0.29) is 23.7 Å². The molecule has 1 N–H and O–H groups in total. The second-order valence-electron chi connectivity index (χ2n) is 5.49. The number of amides is 1. The van der Waals surface area contributed by atoms with Gasteiger partial charge in [0.1, 0.15) is 12.3 Å². The zero-order valence-corrected chi connectivity index (χ0v) is 13.3. The summed E-state index contributed by atoms with van der Waals surface area (Å²) in [6.45, 7) is 1.73. The van der Waals surface area contributed by atoms with Crippen LogP contribution < -0.4 is 10.2 Å². The van der Waals surface area contributed by atoms with E-state index in [1.165, 1.54) is 12.3 Å². The van der Waals surface area contributed by atoms with Gasteiger partial charge in [-0.1, -0.05) is 23.7 Å². The first-order valence-corrected chi connectivity index (χ1v) is 7.90. The Morgan fingerprint density at radius 2 is 2.04 bits per heavy atom. The Bertz CT molecular complexity index is 766. The van der Waals surface area contributed by atoms with Gasteiger partial charge in [-0.15, -0.1) is 0 Å². The molecule has 1 aliphatic rings. The van der Waals surface area contributed by atoms with E-state index in [2.05, 4.69) is 4.98 Å². The number of ether oxygens (including phenoxy) is 1. The van der Waals surface area contributed by atoms with Crippen molar-refractivity contribution in [3.8, 4) is 5.75 Å². The van der Waals surface area contributed by atoms with Crippen LogP contribution >= 0.6 is 11.6 Å². The first-order valence-electron chi connectivity index (χ1n) is 7.53. The predicted octanol–water partition coefficient (Wildman–Crippen LogP) is 2.84. The minimum atomic E-state index is -0.312. The van der Waals surface area contributed by atoms with Crippen molar-refractivity contribution in [2.24, 2.45) is 0 Å². The Hall–Kier alpha value is -2.27. The number of likely N-dealkylation sites (tertiary alicyclic amines) is 1. The van der Waals surface area contributed by atoms with Gasteiger partial charge in [-0.25, -0.2) is 0 Å². The van der Waals surface area contributed by atoms with Crippen LogP contribution in [0.1, 0.15) is 28.9 Å². The van der Waals surface area contributed by atoms with Crippen molar-refractivity contribution in [1.82, 2.24) is 9.88 Å². The lowest BCUT2D eigenvalue weighted by atomic mass is 10.2. The van der Waals surface area contributed by atoms with E-state index >= 15 is 0 Å². The summed E-state index contributed by atoms with van der Waals surface area (Å²) in [5.41, 5.74) is 0.856. The summed E-state index contributed by atoms with van der Waals surface area (Å²) >= 11 is 5.91. The normalized spacial score (nSPS) is 14.0. The lowest BCUT2D eigenvalue weighted by molar-refractivity contribution is 0.0787. The Kier molecular flexibility index (Phi) is 4.67. The quantitative estimate of drug-likeness (QED) is 0.936. The highest BCUT2D eigenvalue weighted by Gasteiger charge is 2.20. The van der Waals surface area contributed by atoms with Crippen LogP contribution in [-0.2, 0) is 6.61 Å². The topological polar surface area (TPSA) is 62.4 Å². The van der Waals surface area contributed by atoms with Gasteiger partial charge in [-0.3, -0.25) is 9.59 Å². The van der Waals surface area contributed by atoms with Crippen LogP contribution in [-0.4, -0.2) is 28.9 Å². The van der Waals surface area contributed by atoms with Gasteiger partial charge in [0.05, 0.1) is 0 Å².